The van der Waals surface area contributed by atoms with Gasteiger partial charge in [-0.15, -0.1) is 0 Å². The summed E-state index contributed by atoms with van der Waals surface area (Å²) in [5, 5.41) is 9.02. The highest BCUT2D eigenvalue weighted by Gasteiger charge is 2.16. The zero-order valence-electron chi connectivity index (χ0n) is 17.6. The van der Waals surface area contributed by atoms with Gasteiger partial charge in [-0.2, -0.15) is 0 Å². The second-order valence-corrected chi connectivity index (χ2v) is 7.85. The molecule has 0 bridgehead atoms. The predicted octanol–water partition coefficient (Wildman–Crippen LogP) is 5.39. The number of amides is 2. The van der Waals surface area contributed by atoms with Gasteiger partial charge in [0.1, 0.15) is 11.5 Å². The number of halogens is 2. The van der Waals surface area contributed by atoms with E-state index in [0.29, 0.717) is 38.5 Å². The first-order valence-corrected chi connectivity index (χ1v) is 10.7. The van der Waals surface area contributed by atoms with Crippen molar-refractivity contribution in [3.63, 3.8) is 0 Å². The standard InChI is InChI=1S/C23H19Cl2N3O4S/c1-31-19-10-7-13(24)11-16(19)22(30)28-23(33)26-14-8-9-18(20(12-14)32-2)27-21(29)15-5-3-4-6-17(15)25/h3-12H,1-2H3,(H,27,29)(H2,26,28,30,33). The Bertz CT molecular complexity index is 1220. The van der Waals surface area contributed by atoms with Crippen molar-refractivity contribution in [2.75, 3.05) is 24.9 Å². The molecule has 3 rings (SSSR count). The minimum Gasteiger partial charge on any atom is -0.496 e. The fourth-order valence-electron chi connectivity index (χ4n) is 2.90. The van der Waals surface area contributed by atoms with E-state index in [1.54, 1.807) is 54.6 Å². The molecule has 0 saturated heterocycles. The van der Waals surface area contributed by atoms with Crippen LogP contribution in [0.15, 0.2) is 60.7 Å². The number of rotatable bonds is 6. The lowest BCUT2D eigenvalue weighted by Crippen LogP contribution is -2.34. The smallest absolute Gasteiger partial charge is 0.261 e. The SMILES string of the molecule is COc1cc(NC(=S)NC(=O)c2cc(Cl)ccc2OC)ccc1NC(=O)c1ccccc1Cl. The van der Waals surface area contributed by atoms with E-state index < -0.39 is 5.91 Å². The lowest BCUT2D eigenvalue weighted by atomic mass is 10.2. The van der Waals surface area contributed by atoms with Crippen molar-refractivity contribution in [3.8, 4) is 11.5 Å². The van der Waals surface area contributed by atoms with Crippen LogP contribution in [-0.2, 0) is 0 Å². The molecule has 3 aromatic rings. The molecule has 0 aliphatic heterocycles. The van der Waals surface area contributed by atoms with E-state index in [1.807, 2.05) is 0 Å². The Morgan fingerprint density at radius 3 is 2.24 bits per heavy atom. The minimum atomic E-state index is -0.484. The molecule has 3 aromatic carbocycles. The summed E-state index contributed by atoms with van der Waals surface area (Å²) < 4.78 is 10.6. The van der Waals surface area contributed by atoms with Crippen molar-refractivity contribution in [1.82, 2.24) is 5.32 Å². The van der Waals surface area contributed by atoms with E-state index in [-0.39, 0.29) is 16.6 Å². The van der Waals surface area contributed by atoms with Crippen molar-refractivity contribution >= 4 is 63.7 Å². The van der Waals surface area contributed by atoms with Gasteiger partial charge in [-0.25, -0.2) is 0 Å². The summed E-state index contributed by atoms with van der Waals surface area (Å²) in [4.78, 5) is 25.1. The molecule has 0 radical (unpaired) electrons. The van der Waals surface area contributed by atoms with Crippen molar-refractivity contribution in [1.29, 1.82) is 0 Å². The highest BCUT2D eigenvalue weighted by Crippen LogP contribution is 2.29. The molecule has 0 aromatic heterocycles. The summed E-state index contributed by atoms with van der Waals surface area (Å²) >= 11 is 17.3. The maximum Gasteiger partial charge on any atom is 0.261 e. The van der Waals surface area contributed by atoms with Gasteiger partial charge in [0, 0.05) is 16.8 Å². The van der Waals surface area contributed by atoms with Crippen molar-refractivity contribution < 1.29 is 19.1 Å². The third kappa shape index (κ3) is 6.13. The van der Waals surface area contributed by atoms with E-state index in [0.717, 1.165) is 0 Å². The maximum atomic E-state index is 12.6. The third-order valence-electron chi connectivity index (χ3n) is 4.46. The molecular formula is C23H19Cl2N3O4S. The molecule has 7 nitrogen and oxygen atoms in total. The minimum absolute atomic E-state index is 0.0527. The number of anilines is 2. The summed E-state index contributed by atoms with van der Waals surface area (Å²) in [6.07, 6.45) is 0. The molecule has 33 heavy (non-hydrogen) atoms. The Hall–Kier alpha value is -3.33. The lowest BCUT2D eigenvalue weighted by Gasteiger charge is -2.15. The van der Waals surface area contributed by atoms with Gasteiger partial charge in [-0.1, -0.05) is 35.3 Å². The van der Waals surface area contributed by atoms with Crippen molar-refractivity contribution in [2.24, 2.45) is 0 Å². The molecular weight excluding hydrogens is 485 g/mol. The van der Waals surface area contributed by atoms with Crippen LogP contribution < -0.4 is 25.4 Å². The summed E-state index contributed by atoms with van der Waals surface area (Å²) in [6.45, 7) is 0. The molecule has 0 fully saturated rings. The fraction of sp³-hybridized carbons (Fsp3) is 0.0870. The molecule has 0 spiro atoms. The first kappa shape index (κ1) is 24.3. The summed E-state index contributed by atoms with van der Waals surface area (Å²) in [6, 6.07) is 16.3. The Kier molecular flexibility index (Phi) is 8.11. The molecule has 0 atom stereocenters. The van der Waals surface area contributed by atoms with E-state index in [2.05, 4.69) is 16.0 Å². The quantitative estimate of drug-likeness (QED) is 0.390. The van der Waals surface area contributed by atoms with E-state index >= 15 is 0 Å². The predicted molar refractivity (Wildman–Crippen MR) is 134 cm³/mol. The third-order valence-corrected chi connectivity index (χ3v) is 5.23. The zero-order valence-corrected chi connectivity index (χ0v) is 19.9. The van der Waals surface area contributed by atoms with Crippen LogP contribution in [0.3, 0.4) is 0 Å². The first-order chi connectivity index (χ1) is 15.8. The molecule has 2 amide bonds. The van der Waals surface area contributed by atoms with Crippen molar-refractivity contribution in [3.05, 3.63) is 81.8 Å². The zero-order chi connectivity index (χ0) is 24.0. The van der Waals surface area contributed by atoms with Crippen LogP contribution in [-0.4, -0.2) is 31.1 Å². The molecule has 10 heteroatoms. The van der Waals surface area contributed by atoms with Gasteiger partial charge in [0.15, 0.2) is 5.11 Å². The van der Waals surface area contributed by atoms with Gasteiger partial charge >= 0.3 is 0 Å². The number of nitrogens with one attached hydrogen (secondary N) is 3. The topological polar surface area (TPSA) is 88.7 Å². The maximum absolute atomic E-state index is 12.6. The molecule has 0 heterocycles. The van der Waals surface area contributed by atoms with Crippen LogP contribution in [0, 0.1) is 0 Å². The average Bonchev–Trinajstić information content (AvgIpc) is 2.80. The highest BCUT2D eigenvalue weighted by molar-refractivity contribution is 7.80. The lowest BCUT2D eigenvalue weighted by molar-refractivity contribution is 0.0973. The summed E-state index contributed by atoms with van der Waals surface area (Å²) in [5.41, 5.74) is 1.55. The number of hydrogen-bond acceptors (Lipinski definition) is 5. The summed E-state index contributed by atoms with van der Waals surface area (Å²) in [7, 11) is 2.92. The second-order valence-electron chi connectivity index (χ2n) is 6.60. The molecule has 0 unspecified atom stereocenters. The van der Waals surface area contributed by atoms with E-state index in [9.17, 15) is 9.59 Å². The van der Waals surface area contributed by atoms with Crippen LogP contribution in [0.5, 0.6) is 11.5 Å². The van der Waals surface area contributed by atoms with Crippen LogP contribution in [0.25, 0.3) is 0 Å². The number of ether oxygens (including phenoxy) is 2. The van der Waals surface area contributed by atoms with Gasteiger partial charge in [-0.05, 0) is 54.7 Å². The Labute approximate surface area is 206 Å². The molecule has 0 aliphatic carbocycles. The number of hydrogen-bond donors (Lipinski definition) is 3. The Morgan fingerprint density at radius 1 is 0.818 bits per heavy atom. The largest absolute Gasteiger partial charge is 0.496 e. The van der Waals surface area contributed by atoms with Gasteiger partial charge in [0.25, 0.3) is 11.8 Å². The highest BCUT2D eigenvalue weighted by atomic mass is 35.5. The van der Waals surface area contributed by atoms with Crippen molar-refractivity contribution in [2.45, 2.75) is 0 Å². The number of carbonyl (C=O) groups excluding carboxylic acids is 2. The van der Waals surface area contributed by atoms with Gasteiger partial charge < -0.3 is 20.1 Å². The Morgan fingerprint density at radius 2 is 1.55 bits per heavy atom. The number of benzene rings is 3. The van der Waals surface area contributed by atoms with Gasteiger partial charge in [0.2, 0.25) is 0 Å². The van der Waals surface area contributed by atoms with Crippen LogP contribution >= 0.6 is 35.4 Å². The number of thiocarbonyl (C=S) groups is 1. The number of carbonyl (C=O) groups is 2. The Balaban J connectivity index is 1.70. The second kappa shape index (κ2) is 11.0. The van der Waals surface area contributed by atoms with Crippen LogP contribution in [0.2, 0.25) is 10.0 Å². The van der Waals surface area contributed by atoms with Gasteiger partial charge in [0.05, 0.1) is 36.1 Å². The first-order valence-electron chi connectivity index (χ1n) is 9.52. The van der Waals surface area contributed by atoms with Crippen LogP contribution in [0.4, 0.5) is 11.4 Å². The number of methoxy groups -OCH3 is 2. The normalized spacial score (nSPS) is 10.2. The molecule has 3 N–H and O–H groups in total. The van der Waals surface area contributed by atoms with Crippen LogP contribution in [0.1, 0.15) is 20.7 Å². The summed E-state index contributed by atoms with van der Waals surface area (Å²) in [5.74, 6) is -0.119. The fourth-order valence-corrected chi connectivity index (χ4v) is 3.50. The molecule has 0 saturated carbocycles. The average molecular weight is 504 g/mol. The monoisotopic (exact) mass is 503 g/mol. The molecule has 170 valence electrons. The van der Waals surface area contributed by atoms with Gasteiger partial charge in [-0.3, -0.25) is 14.9 Å². The van der Waals surface area contributed by atoms with E-state index in [1.165, 1.54) is 20.3 Å². The molecule has 0 aliphatic rings. The van der Waals surface area contributed by atoms with E-state index in [4.69, 9.17) is 44.9 Å².